The number of fused-ring (bicyclic) bond motifs is 1. The van der Waals surface area contributed by atoms with Gasteiger partial charge in [-0.1, -0.05) is 53.4 Å². The number of aromatic nitrogens is 4. The zero-order chi connectivity index (χ0) is 30.7. The lowest BCUT2D eigenvalue weighted by atomic mass is 9.96. The number of benzene rings is 1. The van der Waals surface area contributed by atoms with E-state index < -0.39 is 0 Å². The number of rotatable bonds is 8. The van der Waals surface area contributed by atoms with E-state index in [0.29, 0.717) is 24.3 Å². The molecule has 2 amide bonds. The predicted molar refractivity (Wildman–Crippen MR) is 169 cm³/mol. The molecule has 2 aliphatic rings. The largest absolute Gasteiger partial charge is 0.352 e. The molecule has 0 radical (unpaired) electrons. The van der Waals surface area contributed by atoms with Crippen LogP contribution in [-0.2, 0) is 9.59 Å². The summed E-state index contributed by atoms with van der Waals surface area (Å²) in [6, 6.07) is 6.09. The molecule has 2 saturated heterocycles. The van der Waals surface area contributed by atoms with E-state index in [9.17, 15) is 9.59 Å². The fraction of sp³-hybridized carbons (Fsp3) is 0.559. The van der Waals surface area contributed by atoms with Crippen molar-refractivity contribution in [1.29, 1.82) is 0 Å². The van der Waals surface area contributed by atoms with Crippen molar-refractivity contribution in [2.75, 3.05) is 25.0 Å². The van der Waals surface area contributed by atoms with E-state index in [-0.39, 0.29) is 35.7 Å². The summed E-state index contributed by atoms with van der Waals surface area (Å²) in [5, 5.41) is 3.31. The van der Waals surface area contributed by atoms with Gasteiger partial charge in [0.05, 0.1) is 22.6 Å². The van der Waals surface area contributed by atoms with Crippen molar-refractivity contribution in [3.05, 3.63) is 47.5 Å². The first-order valence-corrected chi connectivity index (χ1v) is 15.8. The SMILES string of the molecule is CC(C)[C@H](C)C(=O)N1CCC[C@H]1CNc1ncc(C#Cc2ccc3nc([C@@H]4CCCN4C(=O)[C@@H](C)C(C)C)[nH]c3c2)cn1. The van der Waals surface area contributed by atoms with Gasteiger partial charge in [0.1, 0.15) is 5.82 Å². The third kappa shape index (κ3) is 6.84. The fourth-order valence-corrected chi connectivity index (χ4v) is 5.85. The van der Waals surface area contributed by atoms with E-state index in [4.69, 9.17) is 4.98 Å². The molecule has 0 unspecified atom stereocenters. The van der Waals surface area contributed by atoms with Gasteiger partial charge in [-0.15, -0.1) is 0 Å². The molecular formula is C34H45N7O2. The predicted octanol–water partition coefficient (Wildman–Crippen LogP) is 5.40. The average molecular weight is 584 g/mol. The van der Waals surface area contributed by atoms with Gasteiger partial charge in [-0.2, -0.15) is 0 Å². The number of hydrogen-bond acceptors (Lipinski definition) is 6. The van der Waals surface area contributed by atoms with Crippen LogP contribution in [0.25, 0.3) is 11.0 Å². The van der Waals surface area contributed by atoms with Crippen molar-refractivity contribution in [1.82, 2.24) is 29.7 Å². The van der Waals surface area contributed by atoms with Gasteiger partial charge in [-0.25, -0.2) is 15.0 Å². The molecule has 2 aromatic heterocycles. The van der Waals surface area contributed by atoms with Crippen LogP contribution in [0.1, 0.15) is 90.2 Å². The molecule has 2 fully saturated rings. The molecule has 1 aromatic carbocycles. The second-order valence-electron chi connectivity index (χ2n) is 12.9. The molecule has 4 heterocycles. The van der Waals surface area contributed by atoms with Crippen LogP contribution >= 0.6 is 0 Å². The standard InChI is InChI=1S/C34H45N7O2/c1-21(2)23(5)32(42)40-15-7-9-27(40)20-37-34-35-18-26(19-36-34)12-11-25-13-14-28-29(17-25)39-31(38-28)30-10-8-16-41(30)33(43)24(6)22(3)4/h13-14,17-19,21-24,27,30H,7-10,15-16,20H2,1-6H3,(H,38,39)(H,35,36,37)/t23-,24-,27-,30-/m0/s1. The second kappa shape index (κ2) is 13.2. The number of H-pyrrole nitrogens is 1. The number of aromatic amines is 1. The summed E-state index contributed by atoms with van der Waals surface area (Å²) >= 11 is 0. The molecule has 4 atom stereocenters. The van der Waals surface area contributed by atoms with Crippen molar-refractivity contribution < 1.29 is 9.59 Å². The van der Waals surface area contributed by atoms with Crippen LogP contribution in [0.2, 0.25) is 0 Å². The number of nitrogens with zero attached hydrogens (tertiary/aromatic N) is 5. The van der Waals surface area contributed by atoms with Crippen LogP contribution in [-0.4, -0.2) is 67.2 Å². The molecule has 2 aliphatic heterocycles. The summed E-state index contributed by atoms with van der Waals surface area (Å²) < 4.78 is 0. The average Bonchev–Trinajstić information content (AvgIpc) is 3.77. The van der Waals surface area contributed by atoms with Gasteiger partial charge in [-0.3, -0.25) is 9.59 Å². The highest BCUT2D eigenvalue weighted by molar-refractivity contribution is 5.81. The monoisotopic (exact) mass is 583 g/mol. The Morgan fingerprint density at radius 3 is 2.23 bits per heavy atom. The third-order valence-electron chi connectivity index (χ3n) is 9.29. The van der Waals surface area contributed by atoms with E-state index >= 15 is 0 Å². The number of carbonyl (C=O) groups is 2. The van der Waals surface area contributed by atoms with E-state index in [1.54, 1.807) is 12.4 Å². The molecular weight excluding hydrogens is 538 g/mol. The summed E-state index contributed by atoms with van der Waals surface area (Å²) in [5.74, 6) is 8.86. The van der Waals surface area contributed by atoms with Crippen LogP contribution in [0.3, 0.4) is 0 Å². The van der Waals surface area contributed by atoms with Gasteiger partial charge < -0.3 is 20.1 Å². The number of hydrogen-bond donors (Lipinski definition) is 2. The molecule has 0 aliphatic carbocycles. The molecule has 0 spiro atoms. The highest BCUT2D eigenvalue weighted by atomic mass is 16.2. The van der Waals surface area contributed by atoms with Crippen molar-refractivity contribution in [2.45, 2.75) is 79.3 Å². The Morgan fingerprint density at radius 2 is 1.53 bits per heavy atom. The third-order valence-corrected chi connectivity index (χ3v) is 9.29. The Balaban J connectivity index is 1.21. The Labute approximate surface area is 255 Å². The quantitative estimate of drug-likeness (QED) is 0.344. The minimum Gasteiger partial charge on any atom is -0.352 e. The fourth-order valence-electron chi connectivity index (χ4n) is 5.85. The number of nitrogens with one attached hydrogen (secondary N) is 2. The Morgan fingerprint density at radius 1 is 0.907 bits per heavy atom. The number of likely N-dealkylation sites (tertiary alicyclic amines) is 2. The van der Waals surface area contributed by atoms with Gasteiger partial charge in [0.15, 0.2) is 0 Å². The number of anilines is 1. The van der Waals surface area contributed by atoms with E-state index in [2.05, 4.69) is 59.8 Å². The maximum absolute atomic E-state index is 13.1. The summed E-state index contributed by atoms with van der Waals surface area (Å²) in [6.07, 6.45) is 7.36. The lowest BCUT2D eigenvalue weighted by Crippen LogP contribution is -2.43. The molecule has 3 aromatic rings. The molecule has 0 bridgehead atoms. The van der Waals surface area contributed by atoms with Crippen molar-refractivity contribution in [3.8, 4) is 11.8 Å². The van der Waals surface area contributed by atoms with Gasteiger partial charge in [0, 0.05) is 55.5 Å². The number of amides is 2. The first kappa shape index (κ1) is 30.5. The van der Waals surface area contributed by atoms with Crippen LogP contribution in [0, 0.1) is 35.5 Å². The lowest BCUT2D eigenvalue weighted by Gasteiger charge is -2.29. The zero-order valence-electron chi connectivity index (χ0n) is 26.4. The molecule has 228 valence electrons. The molecule has 9 nitrogen and oxygen atoms in total. The molecule has 0 saturated carbocycles. The molecule has 9 heteroatoms. The summed E-state index contributed by atoms with van der Waals surface area (Å²) in [4.78, 5) is 47.2. The highest BCUT2D eigenvalue weighted by Crippen LogP contribution is 2.33. The molecule has 43 heavy (non-hydrogen) atoms. The maximum atomic E-state index is 13.1. The number of imidazole rings is 1. The van der Waals surface area contributed by atoms with Crippen LogP contribution < -0.4 is 5.32 Å². The first-order valence-electron chi connectivity index (χ1n) is 15.8. The summed E-state index contributed by atoms with van der Waals surface area (Å²) in [5.41, 5.74) is 3.37. The second-order valence-corrected chi connectivity index (χ2v) is 12.9. The molecule has 5 rings (SSSR count). The first-order chi connectivity index (χ1) is 20.6. The topological polar surface area (TPSA) is 107 Å². The Kier molecular flexibility index (Phi) is 9.34. The van der Waals surface area contributed by atoms with Crippen LogP contribution in [0.4, 0.5) is 5.95 Å². The van der Waals surface area contributed by atoms with Crippen molar-refractivity contribution in [2.24, 2.45) is 23.7 Å². The summed E-state index contributed by atoms with van der Waals surface area (Å²) in [6.45, 7) is 14.7. The van der Waals surface area contributed by atoms with Crippen LogP contribution in [0.15, 0.2) is 30.6 Å². The normalized spacial score (nSPS) is 20.0. The highest BCUT2D eigenvalue weighted by Gasteiger charge is 2.35. The van der Waals surface area contributed by atoms with Crippen molar-refractivity contribution >= 4 is 28.8 Å². The minimum absolute atomic E-state index is 0.00695. The van der Waals surface area contributed by atoms with Gasteiger partial charge in [0.25, 0.3) is 0 Å². The van der Waals surface area contributed by atoms with Gasteiger partial charge in [0.2, 0.25) is 17.8 Å². The van der Waals surface area contributed by atoms with Crippen molar-refractivity contribution in [3.63, 3.8) is 0 Å². The van der Waals surface area contributed by atoms with Gasteiger partial charge in [-0.05, 0) is 55.7 Å². The summed E-state index contributed by atoms with van der Waals surface area (Å²) in [7, 11) is 0. The van der Waals surface area contributed by atoms with Crippen LogP contribution in [0.5, 0.6) is 0 Å². The van der Waals surface area contributed by atoms with E-state index in [0.717, 1.165) is 66.8 Å². The maximum Gasteiger partial charge on any atom is 0.226 e. The Bertz CT molecular complexity index is 1500. The molecule has 2 N–H and O–H groups in total. The number of carbonyl (C=O) groups excluding carboxylic acids is 2. The lowest BCUT2D eigenvalue weighted by molar-refractivity contribution is -0.138. The zero-order valence-corrected chi connectivity index (χ0v) is 26.4. The minimum atomic E-state index is -0.0132. The Hall–Kier alpha value is -3.93. The van der Waals surface area contributed by atoms with Gasteiger partial charge >= 0.3 is 0 Å². The van der Waals surface area contributed by atoms with E-state index in [1.807, 2.05) is 41.8 Å². The smallest absolute Gasteiger partial charge is 0.226 e. The van der Waals surface area contributed by atoms with E-state index in [1.165, 1.54) is 0 Å².